The molecule has 2 bridgehead atoms. The van der Waals surface area contributed by atoms with Gasteiger partial charge in [0.15, 0.2) is 0 Å². The summed E-state index contributed by atoms with van der Waals surface area (Å²) in [6.07, 6.45) is 3.10. The summed E-state index contributed by atoms with van der Waals surface area (Å²) < 4.78 is 14.5. The molecule has 20 heavy (non-hydrogen) atoms. The summed E-state index contributed by atoms with van der Waals surface area (Å²) in [5, 5.41) is 12.7. The van der Waals surface area contributed by atoms with E-state index in [0.29, 0.717) is 23.9 Å². The number of hydrogen-bond acceptors (Lipinski definition) is 2. The topological polar surface area (TPSA) is 49.3 Å². The van der Waals surface area contributed by atoms with Crippen LogP contribution in [-0.4, -0.2) is 17.1 Å². The van der Waals surface area contributed by atoms with E-state index >= 15 is 0 Å². The lowest BCUT2D eigenvalue weighted by Crippen LogP contribution is -2.43. The van der Waals surface area contributed by atoms with Crippen LogP contribution in [0.4, 0.5) is 4.39 Å². The average molecular weight is 342 g/mol. The first-order chi connectivity index (χ1) is 9.56. The van der Waals surface area contributed by atoms with Crippen LogP contribution in [0, 0.1) is 23.6 Å². The van der Waals surface area contributed by atoms with Crippen molar-refractivity contribution in [3.8, 4) is 0 Å². The number of aliphatic carboxylic acids is 1. The van der Waals surface area contributed by atoms with Crippen molar-refractivity contribution in [2.24, 2.45) is 17.8 Å². The molecule has 2 N–H and O–H groups in total. The lowest BCUT2D eigenvalue weighted by atomic mass is 9.84. The van der Waals surface area contributed by atoms with Crippen LogP contribution in [0.3, 0.4) is 0 Å². The summed E-state index contributed by atoms with van der Waals surface area (Å²) in [7, 11) is 0. The van der Waals surface area contributed by atoms with Gasteiger partial charge >= 0.3 is 5.97 Å². The first-order valence-electron chi connectivity index (χ1n) is 6.96. The molecule has 0 spiro atoms. The normalized spacial score (nSPS) is 31.7. The molecule has 3 rings (SSSR count). The van der Waals surface area contributed by atoms with Crippen molar-refractivity contribution in [2.45, 2.75) is 31.8 Å². The van der Waals surface area contributed by atoms with Crippen molar-refractivity contribution in [1.29, 1.82) is 0 Å². The minimum Gasteiger partial charge on any atom is -0.481 e. The quantitative estimate of drug-likeness (QED) is 0.884. The van der Waals surface area contributed by atoms with Crippen LogP contribution < -0.4 is 5.32 Å². The maximum atomic E-state index is 13.7. The summed E-state index contributed by atoms with van der Waals surface area (Å²) in [6.45, 7) is 0.378. The molecule has 108 valence electrons. The lowest BCUT2D eigenvalue weighted by Gasteiger charge is -2.29. The van der Waals surface area contributed by atoms with E-state index in [9.17, 15) is 14.3 Å². The zero-order valence-corrected chi connectivity index (χ0v) is 12.6. The third kappa shape index (κ3) is 2.49. The number of carboxylic acid groups (broad SMARTS) is 1. The molecule has 0 aliphatic heterocycles. The van der Waals surface area contributed by atoms with Crippen LogP contribution in [-0.2, 0) is 11.3 Å². The van der Waals surface area contributed by atoms with Gasteiger partial charge in [-0.05, 0) is 49.3 Å². The first kappa shape index (κ1) is 14.0. The number of benzene rings is 1. The lowest BCUT2D eigenvalue weighted by molar-refractivity contribution is -0.144. The third-order valence-electron chi connectivity index (χ3n) is 4.74. The molecule has 4 atom stereocenters. The molecule has 0 heterocycles. The van der Waals surface area contributed by atoms with Gasteiger partial charge in [-0.3, -0.25) is 4.79 Å². The van der Waals surface area contributed by atoms with Crippen LogP contribution in [0.5, 0.6) is 0 Å². The molecule has 2 aliphatic rings. The van der Waals surface area contributed by atoms with E-state index in [1.54, 1.807) is 12.1 Å². The Kier molecular flexibility index (Phi) is 3.82. The zero-order chi connectivity index (χ0) is 14.3. The van der Waals surface area contributed by atoms with Gasteiger partial charge in [0.2, 0.25) is 0 Å². The van der Waals surface area contributed by atoms with Crippen molar-refractivity contribution < 1.29 is 14.3 Å². The van der Waals surface area contributed by atoms with Crippen molar-refractivity contribution >= 4 is 21.9 Å². The fourth-order valence-corrected chi connectivity index (χ4v) is 4.26. The molecule has 4 unspecified atom stereocenters. The van der Waals surface area contributed by atoms with Crippen LogP contribution in [0.2, 0.25) is 0 Å². The maximum Gasteiger partial charge on any atom is 0.308 e. The summed E-state index contributed by atoms with van der Waals surface area (Å²) >= 11 is 3.33. The SMILES string of the molecule is O=C(O)C1C2CCC(C2)C1NCc1cc(Br)ccc1F. The molecule has 0 radical (unpaired) electrons. The summed E-state index contributed by atoms with van der Waals surface area (Å²) in [5.74, 6) is -0.567. The molecule has 1 aromatic rings. The summed E-state index contributed by atoms with van der Waals surface area (Å²) in [5.41, 5.74) is 0.575. The van der Waals surface area contributed by atoms with E-state index in [1.807, 2.05) is 0 Å². The highest BCUT2D eigenvalue weighted by Gasteiger charge is 2.50. The highest BCUT2D eigenvalue weighted by Crippen LogP contribution is 2.48. The van der Waals surface area contributed by atoms with E-state index in [2.05, 4.69) is 21.2 Å². The van der Waals surface area contributed by atoms with Crippen molar-refractivity contribution in [1.82, 2.24) is 5.32 Å². The molecule has 2 fully saturated rings. The van der Waals surface area contributed by atoms with Gasteiger partial charge in [-0.2, -0.15) is 0 Å². The number of rotatable bonds is 4. The number of carbonyl (C=O) groups is 1. The molecular formula is C15H17BrFNO2. The number of halogens is 2. The van der Waals surface area contributed by atoms with Gasteiger partial charge in [-0.1, -0.05) is 15.9 Å². The van der Waals surface area contributed by atoms with E-state index in [0.717, 1.165) is 23.7 Å². The predicted octanol–water partition coefficient (Wildman–Crippen LogP) is 3.18. The summed E-state index contributed by atoms with van der Waals surface area (Å²) in [4.78, 5) is 11.4. The maximum absolute atomic E-state index is 13.7. The fourth-order valence-electron chi connectivity index (χ4n) is 3.85. The van der Waals surface area contributed by atoms with Gasteiger partial charge in [-0.25, -0.2) is 4.39 Å². The standard InChI is InChI=1S/C15H17BrFNO2/c16-11-3-4-12(17)10(6-11)7-18-14-9-2-1-8(5-9)13(14)15(19)20/h3-4,6,8-9,13-14,18H,1-2,5,7H2,(H,19,20). The molecule has 3 nitrogen and oxygen atoms in total. The smallest absolute Gasteiger partial charge is 0.308 e. The van der Waals surface area contributed by atoms with Gasteiger partial charge in [0.05, 0.1) is 5.92 Å². The molecule has 2 aliphatic carbocycles. The van der Waals surface area contributed by atoms with E-state index < -0.39 is 5.97 Å². The molecule has 0 amide bonds. The number of carboxylic acids is 1. The monoisotopic (exact) mass is 341 g/mol. The Morgan fingerprint density at radius 1 is 1.40 bits per heavy atom. The highest BCUT2D eigenvalue weighted by atomic mass is 79.9. The second-order valence-electron chi connectivity index (χ2n) is 5.84. The second kappa shape index (κ2) is 5.45. The van der Waals surface area contributed by atoms with Gasteiger partial charge in [0.25, 0.3) is 0 Å². The Morgan fingerprint density at radius 2 is 2.15 bits per heavy atom. The molecule has 2 saturated carbocycles. The largest absolute Gasteiger partial charge is 0.481 e. The molecular weight excluding hydrogens is 325 g/mol. The van der Waals surface area contributed by atoms with Crippen molar-refractivity contribution in [3.63, 3.8) is 0 Å². The third-order valence-corrected chi connectivity index (χ3v) is 5.23. The molecule has 0 saturated heterocycles. The van der Waals surface area contributed by atoms with E-state index in [1.165, 1.54) is 6.07 Å². The average Bonchev–Trinajstić information content (AvgIpc) is 3.00. The van der Waals surface area contributed by atoms with E-state index in [4.69, 9.17) is 0 Å². The van der Waals surface area contributed by atoms with Gasteiger partial charge in [-0.15, -0.1) is 0 Å². The van der Waals surface area contributed by atoms with Crippen LogP contribution in [0.15, 0.2) is 22.7 Å². The minimum absolute atomic E-state index is 0.0235. The minimum atomic E-state index is -0.718. The number of nitrogens with one attached hydrogen (secondary N) is 1. The predicted molar refractivity (Wildman–Crippen MR) is 76.7 cm³/mol. The van der Waals surface area contributed by atoms with Crippen molar-refractivity contribution in [2.75, 3.05) is 0 Å². The van der Waals surface area contributed by atoms with Crippen LogP contribution >= 0.6 is 15.9 Å². The Balaban J connectivity index is 1.71. The number of hydrogen-bond donors (Lipinski definition) is 2. The van der Waals surface area contributed by atoms with Gasteiger partial charge in [0, 0.05) is 22.6 Å². The Morgan fingerprint density at radius 3 is 2.90 bits per heavy atom. The summed E-state index contributed by atoms with van der Waals surface area (Å²) in [6, 6.07) is 4.81. The zero-order valence-electron chi connectivity index (χ0n) is 11.0. The Bertz CT molecular complexity index is 537. The van der Waals surface area contributed by atoms with Crippen LogP contribution in [0.1, 0.15) is 24.8 Å². The first-order valence-corrected chi connectivity index (χ1v) is 7.75. The van der Waals surface area contributed by atoms with Crippen LogP contribution in [0.25, 0.3) is 0 Å². The fraction of sp³-hybridized carbons (Fsp3) is 0.533. The molecule has 0 aromatic heterocycles. The van der Waals surface area contributed by atoms with Gasteiger partial charge < -0.3 is 10.4 Å². The van der Waals surface area contributed by atoms with E-state index in [-0.39, 0.29) is 17.8 Å². The van der Waals surface area contributed by atoms with Gasteiger partial charge in [0.1, 0.15) is 5.82 Å². The van der Waals surface area contributed by atoms with Crippen molar-refractivity contribution in [3.05, 3.63) is 34.1 Å². The Hall–Kier alpha value is -0.940. The molecule has 5 heteroatoms. The highest BCUT2D eigenvalue weighted by molar-refractivity contribution is 9.10. The second-order valence-corrected chi connectivity index (χ2v) is 6.76. The molecule has 1 aromatic carbocycles. The Labute approximate surface area is 125 Å². The number of fused-ring (bicyclic) bond motifs is 2.